The molecule has 1 aliphatic rings. The zero-order chi connectivity index (χ0) is 17.1. The second-order valence-corrected chi connectivity index (χ2v) is 6.24. The zero-order valence-corrected chi connectivity index (χ0v) is 14.4. The number of nitrogens with one attached hydrogen (secondary N) is 1. The number of aromatic nitrogens is 2. The lowest BCUT2D eigenvalue weighted by Crippen LogP contribution is -2.48. The molecule has 2 heterocycles. The molecule has 6 heteroatoms. The largest absolute Gasteiger partial charge is 0.496 e. The number of carbonyl (C=O) groups is 1. The van der Waals surface area contributed by atoms with Crippen molar-refractivity contribution in [3.05, 3.63) is 47.8 Å². The Hall–Kier alpha value is -2.34. The Morgan fingerprint density at radius 3 is 2.83 bits per heavy atom. The summed E-state index contributed by atoms with van der Waals surface area (Å²) >= 11 is 0. The van der Waals surface area contributed by atoms with Crippen LogP contribution in [0.3, 0.4) is 0 Å². The summed E-state index contributed by atoms with van der Waals surface area (Å²) in [5.74, 6) is 0.767. The maximum atomic E-state index is 13.0. The van der Waals surface area contributed by atoms with Gasteiger partial charge in [0.1, 0.15) is 11.4 Å². The smallest absolute Gasteiger partial charge is 0.274 e. The molecule has 1 aliphatic heterocycles. The van der Waals surface area contributed by atoms with Gasteiger partial charge in [0.25, 0.3) is 5.91 Å². The highest BCUT2D eigenvalue weighted by atomic mass is 16.5. The minimum Gasteiger partial charge on any atom is -0.496 e. The van der Waals surface area contributed by atoms with Crippen LogP contribution in [0.1, 0.15) is 42.0 Å². The maximum Gasteiger partial charge on any atom is 0.274 e. The minimum absolute atomic E-state index is 0.0354. The molecule has 0 radical (unpaired) electrons. The van der Waals surface area contributed by atoms with Crippen LogP contribution in [0.5, 0.6) is 5.75 Å². The van der Waals surface area contributed by atoms with E-state index in [2.05, 4.69) is 10.4 Å². The molecule has 1 saturated heterocycles. The van der Waals surface area contributed by atoms with E-state index in [1.54, 1.807) is 13.2 Å². The zero-order valence-electron chi connectivity index (χ0n) is 14.4. The van der Waals surface area contributed by atoms with Crippen LogP contribution in [0.4, 0.5) is 0 Å². The van der Waals surface area contributed by atoms with E-state index in [0.29, 0.717) is 18.8 Å². The standard InChI is InChI=1S/C18H24N4O2/c1-13(2)22-10-8-15(20-22)18(23)21-11-9-19-12-16(21)14-6-4-5-7-17(14)24-3/h4-8,10,13,16,19H,9,11-12H2,1-3H3. The first-order chi connectivity index (χ1) is 11.6. The number of piperazine rings is 1. The number of hydrogen-bond donors (Lipinski definition) is 1. The monoisotopic (exact) mass is 328 g/mol. The second-order valence-electron chi connectivity index (χ2n) is 6.24. The van der Waals surface area contributed by atoms with Crippen LogP contribution >= 0.6 is 0 Å². The molecule has 1 aromatic carbocycles. The first-order valence-electron chi connectivity index (χ1n) is 8.31. The molecule has 0 aliphatic carbocycles. The summed E-state index contributed by atoms with van der Waals surface area (Å²) in [4.78, 5) is 14.9. The fourth-order valence-corrected chi connectivity index (χ4v) is 3.05. The predicted octanol–water partition coefficient (Wildman–Crippen LogP) is 2.26. The van der Waals surface area contributed by atoms with Gasteiger partial charge in [-0.15, -0.1) is 0 Å². The lowest BCUT2D eigenvalue weighted by atomic mass is 10.0. The Morgan fingerprint density at radius 2 is 2.12 bits per heavy atom. The van der Waals surface area contributed by atoms with Crippen LogP contribution in [-0.4, -0.2) is 47.3 Å². The number of carbonyl (C=O) groups excluding carboxylic acids is 1. The summed E-state index contributed by atoms with van der Waals surface area (Å²) in [6.45, 7) is 6.22. The fourth-order valence-electron chi connectivity index (χ4n) is 3.05. The van der Waals surface area contributed by atoms with Crippen LogP contribution in [-0.2, 0) is 0 Å². The highest BCUT2D eigenvalue weighted by Gasteiger charge is 2.31. The van der Waals surface area contributed by atoms with Gasteiger partial charge in [0, 0.05) is 37.4 Å². The molecular weight excluding hydrogens is 304 g/mol. The van der Waals surface area contributed by atoms with E-state index in [9.17, 15) is 4.79 Å². The molecule has 1 atom stereocenters. The normalized spacial score (nSPS) is 18.0. The van der Waals surface area contributed by atoms with E-state index >= 15 is 0 Å². The number of rotatable bonds is 4. The Kier molecular flexibility index (Phi) is 4.85. The average molecular weight is 328 g/mol. The van der Waals surface area contributed by atoms with Gasteiger partial charge in [-0.1, -0.05) is 18.2 Å². The van der Waals surface area contributed by atoms with Crippen molar-refractivity contribution in [2.24, 2.45) is 0 Å². The Balaban J connectivity index is 1.90. The van der Waals surface area contributed by atoms with Gasteiger partial charge in [0.05, 0.1) is 13.2 Å². The summed E-state index contributed by atoms with van der Waals surface area (Å²) in [5, 5.41) is 7.80. The number of methoxy groups -OCH3 is 1. The van der Waals surface area contributed by atoms with Gasteiger partial charge in [0.15, 0.2) is 0 Å². The quantitative estimate of drug-likeness (QED) is 0.935. The molecule has 1 aromatic heterocycles. The molecule has 0 saturated carbocycles. The van der Waals surface area contributed by atoms with Gasteiger partial charge >= 0.3 is 0 Å². The summed E-state index contributed by atoms with van der Waals surface area (Å²) < 4.78 is 7.30. The SMILES string of the molecule is COc1ccccc1C1CNCCN1C(=O)c1ccn(C(C)C)n1. The number of ether oxygens (including phenoxy) is 1. The molecule has 1 N–H and O–H groups in total. The number of nitrogens with zero attached hydrogens (tertiary/aromatic N) is 3. The molecule has 1 amide bonds. The van der Waals surface area contributed by atoms with Crippen molar-refractivity contribution >= 4 is 5.91 Å². The van der Waals surface area contributed by atoms with Crippen LogP contribution in [0.25, 0.3) is 0 Å². The molecule has 128 valence electrons. The Bertz CT molecular complexity index is 711. The predicted molar refractivity (Wildman–Crippen MR) is 92.3 cm³/mol. The second kappa shape index (κ2) is 7.05. The summed E-state index contributed by atoms with van der Waals surface area (Å²) in [7, 11) is 1.66. The highest BCUT2D eigenvalue weighted by Crippen LogP contribution is 2.31. The molecule has 24 heavy (non-hydrogen) atoms. The number of hydrogen-bond acceptors (Lipinski definition) is 4. The van der Waals surface area contributed by atoms with Crippen LogP contribution in [0.2, 0.25) is 0 Å². The van der Waals surface area contributed by atoms with Crippen molar-refractivity contribution in [1.29, 1.82) is 0 Å². The molecule has 2 aromatic rings. The van der Waals surface area contributed by atoms with Gasteiger partial charge in [-0.3, -0.25) is 9.48 Å². The van der Waals surface area contributed by atoms with Crippen molar-refractivity contribution in [3.8, 4) is 5.75 Å². The van der Waals surface area contributed by atoms with Gasteiger partial charge in [-0.25, -0.2) is 0 Å². The van der Waals surface area contributed by atoms with Gasteiger partial charge in [-0.05, 0) is 26.0 Å². The molecule has 0 bridgehead atoms. The Labute approximate surface area is 142 Å². The third-order valence-electron chi connectivity index (χ3n) is 4.36. The lowest BCUT2D eigenvalue weighted by Gasteiger charge is -2.36. The van der Waals surface area contributed by atoms with Crippen molar-refractivity contribution in [2.75, 3.05) is 26.7 Å². The summed E-state index contributed by atoms with van der Waals surface area (Å²) in [6.07, 6.45) is 1.86. The van der Waals surface area contributed by atoms with Crippen LogP contribution in [0, 0.1) is 0 Å². The fraction of sp³-hybridized carbons (Fsp3) is 0.444. The molecule has 1 unspecified atom stereocenters. The molecular formula is C18H24N4O2. The van der Waals surface area contributed by atoms with Crippen molar-refractivity contribution in [2.45, 2.75) is 25.9 Å². The third-order valence-corrected chi connectivity index (χ3v) is 4.36. The van der Waals surface area contributed by atoms with Gasteiger partial charge in [-0.2, -0.15) is 5.10 Å². The van der Waals surface area contributed by atoms with E-state index in [1.165, 1.54) is 0 Å². The molecule has 0 spiro atoms. The topological polar surface area (TPSA) is 59.4 Å². The summed E-state index contributed by atoms with van der Waals surface area (Å²) in [6, 6.07) is 9.83. The van der Waals surface area contributed by atoms with Crippen molar-refractivity contribution < 1.29 is 9.53 Å². The Morgan fingerprint density at radius 1 is 1.33 bits per heavy atom. The average Bonchev–Trinajstić information content (AvgIpc) is 3.11. The van der Waals surface area contributed by atoms with E-state index in [4.69, 9.17) is 4.74 Å². The highest BCUT2D eigenvalue weighted by molar-refractivity contribution is 5.92. The van der Waals surface area contributed by atoms with E-state index < -0.39 is 0 Å². The minimum atomic E-state index is -0.0633. The van der Waals surface area contributed by atoms with Crippen molar-refractivity contribution in [3.63, 3.8) is 0 Å². The lowest BCUT2D eigenvalue weighted by molar-refractivity contribution is 0.0624. The van der Waals surface area contributed by atoms with Crippen LogP contribution in [0.15, 0.2) is 36.5 Å². The van der Waals surface area contributed by atoms with E-state index in [1.807, 2.05) is 53.9 Å². The van der Waals surface area contributed by atoms with Gasteiger partial charge < -0.3 is 15.0 Å². The summed E-state index contributed by atoms with van der Waals surface area (Å²) in [5.41, 5.74) is 1.51. The van der Waals surface area contributed by atoms with Crippen LogP contribution < -0.4 is 10.1 Å². The molecule has 3 rings (SSSR count). The van der Waals surface area contributed by atoms with Crippen molar-refractivity contribution in [1.82, 2.24) is 20.0 Å². The maximum absolute atomic E-state index is 13.0. The first-order valence-corrected chi connectivity index (χ1v) is 8.31. The number of amides is 1. The van der Waals surface area contributed by atoms with E-state index in [-0.39, 0.29) is 18.0 Å². The molecule has 1 fully saturated rings. The molecule has 6 nitrogen and oxygen atoms in total. The van der Waals surface area contributed by atoms with Gasteiger partial charge in [0.2, 0.25) is 0 Å². The number of para-hydroxylation sites is 1. The number of benzene rings is 1. The first kappa shape index (κ1) is 16.5. The van der Waals surface area contributed by atoms with E-state index in [0.717, 1.165) is 17.9 Å². The third kappa shape index (κ3) is 3.14.